The number of ether oxygens (including phenoxy) is 1. The average Bonchev–Trinajstić information content (AvgIpc) is 2.49. The number of piperidine rings is 1. The fourth-order valence-corrected chi connectivity index (χ4v) is 3.17. The number of benzene rings is 1. The molecule has 0 radical (unpaired) electrons. The van der Waals surface area contributed by atoms with Crippen molar-refractivity contribution >= 4 is 0 Å². The van der Waals surface area contributed by atoms with Crippen LogP contribution in [-0.2, 0) is 6.54 Å². The van der Waals surface area contributed by atoms with Gasteiger partial charge in [0.2, 0.25) is 0 Å². The van der Waals surface area contributed by atoms with E-state index in [-0.39, 0.29) is 0 Å². The number of rotatable bonds is 8. The van der Waals surface area contributed by atoms with Gasteiger partial charge >= 0.3 is 0 Å². The molecule has 0 spiro atoms. The van der Waals surface area contributed by atoms with Gasteiger partial charge in [0.25, 0.3) is 0 Å². The molecule has 1 fully saturated rings. The van der Waals surface area contributed by atoms with Crippen LogP contribution in [0.15, 0.2) is 24.3 Å². The zero-order valence-corrected chi connectivity index (χ0v) is 14.5. The second-order valence-electron chi connectivity index (χ2n) is 6.94. The molecule has 0 bridgehead atoms. The maximum atomic E-state index is 6.02. The van der Waals surface area contributed by atoms with E-state index >= 15 is 0 Å². The summed E-state index contributed by atoms with van der Waals surface area (Å²) in [5.41, 5.74) is 1.33. The summed E-state index contributed by atoms with van der Waals surface area (Å²) in [4.78, 5) is 2.58. The summed E-state index contributed by atoms with van der Waals surface area (Å²) < 4.78 is 6.02. The molecule has 3 heteroatoms. The van der Waals surface area contributed by atoms with Crippen molar-refractivity contribution in [3.63, 3.8) is 0 Å². The molecular weight excluding hydrogens is 272 g/mol. The minimum atomic E-state index is 0.691. The lowest BCUT2D eigenvalue weighted by Crippen LogP contribution is -2.38. The lowest BCUT2D eigenvalue weighted by Gasteiger charge is -2.33. The maximum absolute atomic E-state index is 6.02. The highest BCUT2D eigenvalue weighted by molar-refractivity contribution is 5.33. The predicted molar refractivity (Wildman–Crippen MR) is 93.3 cm³/mol. The first kappa shape index (κ1) is 17.3. The van der Waals surface area contributed by atoms with Gasteiger partial charge in [-0.05, 0) is 57.3 Å². The van der Waals surface area contributed by atoms with Gasteiger partial charge in [-0.2, -0.15) is 0 Å². The normalized spacial score (nSPS) is 19.5. The van der Waals surface area contributed by atoms with Crippen LogP contribution in [0.4, 0.5) is 0 Å². The molecule has 1 aromatic carbocycles. The Hall–Kier alpha value is -1.06. The van der Waals surface area contributed by atoms with Crippen molar-refractivity contribution < 1.29 is 4.74 Å². The van der Waals surface area contributed by atoms with Crippen molar-refractivity contribution in [2.45, 2.75) is 39.7 Å². The largest absolute Gasteiger partial charge is 0.493 e. The number of likely N-dealkylation sites (tertiary alicyclic amines) is 1. The molecule has 1 N–H and O–H groups in total. The van der Waals surface area contributed by atoms with E-state index in [0.29, 0.717) is 5.92 Å². The van der Waals surface area contributed by atoms with Crippen LogP contribution in [0.1, 0.15) is 38.7 Å². The SMILES string of the molecule is CNCC1CCCN(Cc2ccccc2OCCC(C)C)C1. The second-order valence-corrected chi connectivity index (χ2v) is 6.94. The summed E-state index contributed by atoms with van der Waals surface area (Å²) in [6, 6.07) is 8.53. The third-order valence-electron chi connectivity index (χ3n) is 4.42. The maximum Gasteiger partial charge on any atom is 0.123 e. The van der Waals surface area contributed by atoms with Crippen LogP contribution in [0.25, 0.3) is 0 Å². The molecule has 1 aliphatic heterocycles. The summed E-state index contributed by atoms with van der Waals surface area (Å²) in [7, 11) is 2.05. The predicted octanol–water partition coefficient (Wildman–Crippen LogP) is 3.54. The Morgan fingerprint density at radius 2 is 2.14 bits per heavy atom. The molecule has 1 atom stereocenters. The van der Waals surface area contributed by atoms with E-state index < -0.39 is 0 Å². The van der Waals surface area contributed by atoms with Crippen LogP contribution < -0.4 is 10.1 Å². The molecule has 1 aliphatic rings. The summed E-state index contributed by atoms with van der Waals surface area (Å²) in [6.45, 7) is 9.84. The summed E-state index contributed by atoms with van der Waals surface area (Å²) in [5.74, 6) is 2.54. The molecule has 0 amide bonds. The van der Waals surface area contributed by atoms with E-state index in [1.165, 1.54) is 31.5 Å². The molecule has 2 rings (SSSR count). The highest BCUT2D eigenvalue weighted by Gasteiger charge is 2.20. The van der Waals surface area contributed by atoms with Gasteiger partial charge in [0.1, 0.15) is 5.75 Å². The van der Waals surface area contributed by atoms with Crippen LogP contribution in [0.2, 0.25) is 0 Å². The minimum absolute atomic E-state index is 0.691. The number of para-hydroxylation sites is 1. The molecule has 22 heavy (non-hydrogen) atoms. The highest BCUT2D eigenvalue weighted by atomic mass is 16.5. The van der Waals surface area contributed by atoms with Gasteiger partial charge < -0.3 is 10.1 Å². The molecule has 1 saturated heterocycles. The monoisotopic (exact) mass is 304 g/mol. The number of hydrogen-bond acceptors (Lipinski definition) is 3. The van der Waals surface area contributed by atoms with Crippen LogP contribution in [0, 0.1) is 11.8 Å². The van der Waals surface area contributed by atoms with Crippen LogP contribution in [-0.4, -0.2) is 38.2 Å². The third kappa shape index (κ3) is 5.62. The second kappa shape index (κ2) is 9.16. The Balaban J connectivity index is 1.91. The Labute approximate surface area is 136 Å². The van der Waals surface area contributed by atoms with Gasteiger partial charge in [0.15, 0.2) is 0 Å². The molecule has 1 unspecified atom stereocenters. The standard InChI is InChI=1S/C19H32N2O/c1-16(2)10-12-22-19-9-5-4-8-18(19)15-21-11-6-7-17(14-21)13-20-3/h4-5,8-9,16-17,20H,6-7,10-15H2,1-3H3. The van der Waals surface area contributed by atoms with Crippen molar-refractivity contribution in [3.8, 4) is 5.75 Å². The minimum Gasteiger partial charge on any atom is -0.493 e. The Morgan fingerprint density at radius 1 is 1.32 bits per heavy atom. The number of nitrogens with zero attached hydrogens (tertiary/aromatic N) is 1. The first-order valence-electron chi connectivity index (χ1n) is 8.76. The van der Waals surface area contributed by atoms with Gasteiger partial charge in [0, 0.05) is 18.7 Å². The fourth-order valence-electron chi connectivity index (χ4n) is 3.17. The Bertz CT molecular complexity index is 431. The van der Waals surface area contributed by atoms with Gasteiger partial charge in [-0.3, -0.25) is 4.90 Å². The van der Waals surface area contributed by atoms with Crippen LogP contribution in [0.3, 0.4) is 0 Å². The quantitative estimate of drug-likeness (QED) is 0.795. The zero-order chi connectivity index (χ0) is 15.8. The van der Waals surface area contributed by atoms with Gasteiger partial charge in [-0.25, -0.2) is 0 Å². The lowest BCUT2D eigenvalue weighted by molar-refractivity contribution is 0.164. The topological polar surface area (TPSA) is 24.5 Å². The first-order chi connectivity index (χ1) is 10.7. The number of nitrogens with one attached hydrogen (secondary N) is 1. The van der Waals surface area contributed by atoms with Crippen LogP contribution in [0.5, 0.6) is 5.75 Å². The molecule has 1 heterocycles. The number of hydrogen-bond donors (Lipinski definition) is 1. The van der Waals surface area contributed by atoms with Crippen molar-refractivity contribution in [2.75, 3.05) is 33.3 Å². The summed E-state index contributed by atoms with van der Waals surface area (Å²) >= 11 is 0. The molecule has 0 aliphatic carbocycles. The smallest absolute Gasteiger partial charge is 0.123 e. The van der Waals surface area contributed by atoms with Gasteiger partial charge in [-0.15, -0.1) is 0 Å². The highest BCUT2D eigenvalue weighted by Crippen LogP contribution is 2.23. The van der Waals surface area contributed by atoms with Gasteiger partial charge in [-0.1, -0.05) is 32.0 Å². The first-order valence-corrected chi connectivity index (χ1v) is 8.76. The van der Waals surface area contributed by atoms with Crippen molar-refractivity contribution in [1.82, 2.24) is 10.2 Å². The average molecular weight is 304 g/mol. The zero-order valence-electron chi connectivity index (χ0n) is 14.5. The summed E-state index contributed by atoms with van der Waals surface area (Å²) in [6.07, 6.45) is 3.77. The Kier molecular flexibility index (Phi) is 7.20. The van der Waals surface area contributed by atoms with E-state index in [9.17, 15) is 0 Å². The van der Waals surface area contributed by atoms with E-state index in [1.54, 1.807) is 0 Å². The van der Waals surface area contributed by atoms with E-state index in [1.807, 2.05) is 0 Å². The van der Waals surface area contributed by atoms with Crippen molar-refractivity contribution in [2.24, 2.45) is 11.8 Å². The van der Waals surface area contributed by atoms with Crippen molar-refractivity contribution in [3.05, 3.63) is 29.8 Å². The third-order valence-corrected chi connectivity index (χ3v) is 4.42. The lowest BCUT2D eigenvalue weighted by atomic mass is 9.97. The molecule has 0 saturated carbocycles. The van der Waals surface area contributed by atoms with Crippen molar-refractivity contribution in [1.29, 1.82) is 0 Å². The molecule has 0 aromatic heterocycles. The van der Waals surface area contributed by atoms with Gasteiger partial charge in [0.05, 0.1) is 6.61 Å². The molecule has 3 nitrogen and oxygen atoms in total. The molecule has 124 valence electrons. The van der Waals surface area contributed by atoms with E-state index in [2.05, 4.69) is 55.4 Å². The summed E-state index contributed by atoms with van der Waals surface area (Å²) in [5, 5.41) is 3.32. The van der Waals surface area contributed by atoms with Crippen LogP contribution >= 0.6 is 0 Å². The van der Waals surface area contributed by atoms with E-state index in [0.717, 1.165) is 37.8 Å². The van der Waals surface area contributed by atoms with E-state index in [4.69, 9.17) is 4.74 Å². The fraction of sp³-hybridized carbons (Fsp3) is 0.684. The molecular formula is C19H32N2O. The Morgan fingerprint density at radius 3 is 2.91 bits per heavy atom. The molecule has 1 aromatic rings.